The third kappa shape index (κ3) is 5.61. The lowest BCUT2D eigenvalue weighted by Crippen LogP contribution is -2.40. The largest absolute Gasteiger partial charge is 0.492 e. The third-order valence-corrected chi connectivity index (χ3v) is 5.96. The molecule has 0 unspecified atom stereocenters. The van der Waals surface area contributed by atoms with E-state index in [0.29, 0.717) is 0 Å². The number of esters is 3. The van der Waals surface area contributed by atoms with E-state index >= 15 is 0 Å². The van der Waals surface area contributed by atoms with E-state index in [9.17, 15) is 19.5 Å². The number of rotatable bonds is 7. The molecule has 13 nitrogen and oxygen atoms in total. The summed E-state index contributed by atoms with van der Waals surface area (Å²) in [5, 5.41) is 13.8. The van der Waals surface area contributed by atoms with Crippen LogP contribution in [0.5, 0.6) is 5.88 Å². The summed E-state index contributed by atoms with van der Waals surface area (Å²) in [5.41, 5.74) is 0.351. The zero-order valence-electron chi connectivity index (χ0n) is 19.8. The molecule has 0 radical (unpaired) electrons. The van der Waals surface area contributed by atoms with Crippen LogP contribution >= 0.6 is 0 Å². The van der Waals surface area contributed by atoms with Crippen molar-refractivity contribution in [3.63, 3.8) is 0 Å². The van der Waals surface area contributed by atoms with Crippen molar-refractivity contribution in [2.75, 3.05) is 11.9 Å². The molecule has 2 aliphatic rings. The summed E-state index contributed by atoms with van der Waals surface area (Å²) in [6, 6.07) is 0.190. The molecule has 0 spiro atoms. The van der Waals surface area contributed by atoms with E-state index in [0.717, 1.165) is 25.7 Å². The van der Waals surface area contributed by atoms with Gasteiger partial charge in [0.05, 0.1) is 6.33 Å². The minimum Gasteiger partial charge on any atom is -0.492 e. The van der Waals surface area contributed by atoms with E-state index in [1.54, 1.807) is 0 Å². The lowest BCUT2D eigenvalue weighted by Gasteiger charge is -2.24. The van der Waals surface area contributed by atoms with Gasteiger partial charge in [0.15, 0.2) is 29.6 Å². The van der Waals surface area contributed by atoms with Crippen molar-refractivity contribution in [1.29, 1.82) is 0 Å². The van der Waals surface area contributed by atoms with Crippen LogP contribution in [0.1, 0.15) is 59.1 Å². The van der Waals surface area contributed by atoms with Gasteiger partial charge in [0.2, 0.25) is 11.8 Å². The molecule has 2 aromatic heterocycles. The standard InChI is InChI=1S/C22H29N5O8/c1-11(28)32-9-15-17(33-12(2)29)18(34-13(3)30)21(35-15)27-10-23-16-19(27)25-22(26-20(16)31)24-14-7-5-4-6-8-14/h10,14-15,17-18,21H,4-9H2,1-3H3,(H2,24,25,26,31)/t15-,17-,18-,21-/m1/s1. The number of anilines is 1. The number of carbonyl (C=O) groups is 3. The maximum atomic E-state index is 11.9. The third-order valence-electron chi connectivity index (χ3n) is 5.96. The van der Waals surface area contributed by atoms with E-state index in [-0.39, 0.29) is 35.6 Å². The maximum Gasteiger partial charge on any atom is 0.303 e. The Bertz CT molecular complexity index is 1100. The lowest BCUT2D eigenvalue weighted by molar-refractivity contribution is -0.166. The summed E-state index contributed by atoms with van der Waals surface area (Å²) in [5.74, 6) is -1.89. The van der Waals surface area contributed by atoms with Crippen LogP contribution in [-0.4, -0.2) is 73.5 Å². The molecular weight excluding hydrogens is 462 g/mol. The average Bonchev–Trinajstić information content (AvgIpc) is 3.34. The molecular formula is C22H29N5O8. The molecule has 4 rings (SSSR count). The molecule has 1 aliphatic carbocycles. The van der Waals surface area contributed by atoms with Crippen molar-refractivity contribution in [3.8, 4) is 5.88 Å². The van der Waals surface area contributed by atoms with E-state index in [4.69, 9.17) is 18.9 Å². The first-order valence-electron chi connectivity index (χ1n) is 11.6. The topological polar surface area (TPSA) is 164 Å². The van der Waals surface area contributed by atoms with Crippen molar-refractivity contribution in [2.24, 2.45) is 0 Å². The number of hydrogen-bond acceptors (Lipinski definition) is 12. The molecule has 0 amide bonds. The van der Waals surface area contributed by atoms with Crippen LogP contribution in [-0.2, 0) is 33.3 Å². The van der Waals surface area contributed by atoms with Gasteiger partial charge in [-0.2, -0.15) is 9.97 Å². The fourth-order valence-corrected chi connectivity index (χ4v) is 4.50. The fourth-order valence-electron chi connectivity index (χ4n) is 4.50. The fraction of sp³-hybridized carbons (Fsp3) is 0.636. The predicted molar refractivity (Wildman–Crippen MR) is 119 cm³/mol. The zero-order valence-corrected chi connectivity index (χ0v) is 19.8. The average molecular weight is 492 g/mol. The molecule has 4 atom stereocenters. The van der Waals surface area contributed by atoms with Gasteiger partial charge < -0.3 is 29.4 Å². The van der Waals surface area contributed by atoms with E-state index in [1.807, 2.05) is 0 Å². The maximum absolute atomic E-state index is 11.9. The molecule has 3 heterocycles. The van der Waals surface area contributed by atoms with Crippen LogP contribution in [0.3, 0.4) is 0 Å². The second-order valence-corrected chi connectivity index (χ2v) is 8.69. The molecule has 0 bridgehead atoms. The lowest BCUT2D eigenvalue weighted by atomic mass is 9.96. The van der Waals surface area contributed by atoms with Gasteiger partial charge in [-0.1, -0.05) is 19.3 Å². The number of nitrogens with one attached hydrogen (secondary N) is 1. The van der Waals surface area contributed by atoms with Crippen molar-refractivity contribution < 1.29 is 38.4 Å². The summed E-state index contributed by atoms with van der Waals surface area (Å²) in [6.07, 6.45) is 2.59. The number of aromatic hydroxyl groups is 1. The quantitative estimate of drug-likeness (QED) is 0.425. The number of ether oxygens (including phenoxy) is 4. The Kier molecular flexibility index (Phi) is 7.34. The van der Waals surface area contributed by atoms with Gasteiger partial charge in [-0.25, -0.2) is 4.98 Å². The normalized spacial score (nSPS) is 24.8. The summed E-state index contributed by atoms with van der Waals surface area (Å²) in [6.45, 7) is 3.43. The van der Waals surface area contributed by atoms with Crippen molar-refractivity contribution in [3.05, 3.63) is 6.33 Å². The Morgan fingerprint density at radius 1 is 1.06 bits per heavy atom. The Labute approximate surface area is 201 Å². The second-order valence-electron chi connectivity index (χ2n) is 8.69. The highest BCUT2D eigenvalue weighted by Gasteiger charge is 2.51. The molecule has 2 N–H and O–H groups in total. The number of carbonyl (C=O) groups excluding carboxylic acids is 3. The highest BCUT2D eigenvalue weighted by atomic mass is 16.7. The smallest absolute Gasteiger partial charge is 0.303 e. The van der Waals surface area contributed by atoms with Gasteiger partial charge in [0.1, 0.15) is 12.7 Å². The van der Waals surface area contributed by atoms with Gasteiger partial charge in [0.25, 0.3) is 0 Å². The zero-order chi connectivity index (χ0) is 25.1. The molecule has 13 heteroatoms. The van der Waals surface area contributed by atoms with Gasteiger partial charge in [-0.15, -0.1) is 0 Å². The Balaban J connectivity index is 1.69. The summed E-state index contributed by atoms with van der Waals surface area (Å²) in [7, 11) is 0. The van der Waals surface area contributed by atoms with E-state index in [1.165, 1.54) is 38.1 Å². The van der Waals surface area contributed by atoms with Crippen LogP contribution in [0.2, 0.25) is 0 Å². The second kappa shape index (κ2) is 10.4. The van der Waals surface area contributed by atoms with Gasteiger partial charge in [-0.05, 0) is 12.8 Å². The molecule has 1 saturated heterocycles. The first-order valence-corrected chi connectivity index (χ1v) is 11.6. The minimum absolute atomic E-state index is 0.122. The highest BCUT2D eigenvalue weighted by Crippen LogP contribution is 2.37. The number of nitrogens with zero attached hydrogens (tertiary/aromatic N) is 4. The molecule has 2 fully saturated rings. The SMILES string of the molecule is CC(=O)OC[C@H]1O[C@@H](n2cnc3c(O)nc(NC4CCCCC4)nc32)[C@H](OC(C)=O)[C@@H]1OC(C)=O. The summed E-state index contributed by atoms with van der Waals surface area (Å²) in [4.78, 5) is 47.9. The van der Waals surface area contributed by atoms with Crippen LogP contribution in [0, 0.1) is 0 Å². The van der Waals surface area contributed by atoms with E-state index < -0.39 is 42.4 Å². The van der Waals surface area contributed by atoms with Crippen LogP contribution < -0.4 is 5.32 Å². The Morgan fingerprint density at radius 2 is 1.74 bits per heavy atom. The number of hydrogen-bond donors (Lipinski definition) is 2. The Hall–Kier alpha value is -3.48. The number of fused-ring (bicyclic) bond motifs is 1. The summed E-state index contributed by atoms with van der Waals surface area (Å²) < 4.78 is 23.5. The van der Waals surface area contributed by atoms with Crippen molar-refractivity contribution in [2.45, 2.75) is 83.5 Å². The van der Waals surface area contributed by atoms with E-state index in [2.05, 4.69) is 20.3 Å². The van der Waals surface area contributed by atoms with Crippen LogP contribution in [0.25, 0.3) is 11.2 Å². The van der Waals surface area contributed by atoms with Crippen LogP contribution in [0.15, 0.2) is 6.33 Å². The number of aromatic nitrogens is 4. The highest BCUT2D eigenvalue weighted by molar-refractivity contribution is 5.77. The first kappa shape index (κ1) is 24.6. The Morgan fingerprint density at radius 3 is 2.40 bits per heavy atom. The molecule has 35 heavy (non-hydrogen) atoms. The first-order chi connectivity index (χ1) is 16.7. The minimum atomic E-state index is -1.10. The van der Waals surface area contributed by atoms with Gasteiger partial charge >= 0.3 is 17.9 Å². The molecule has 1 aliphatic heterocycles. The molecule has 190 valence electrons. The van der Waals surface area contributed by atoms with Crippen molar-refractivity contribution in [1.82, 2.24) is 19.5 Å². The molecule has 2 aromatic rings. The number of imidazole rings is 1. The predicted octanol–water partition coefficient (Wildman–Crippen LogP) is 1.60. The monoisotopic (exact) mass is 491 g/mol. The summed E-state index contributed by atoms with van der Waals surface area (Å²) >= 11 is 0. The molecule has 1 saturated carbocycles. The van der Waals surface area contributed by atoms with Gasteiger partial charge in [0, 0.05) is 26.8 Å². The van der Waals surface area contributed by atoms with Gasteiger partial charge in [-0.3, -0.25) is 19.0 Å². The molecule has 0 aromatic carbocycles. The van der Waals surface area contributed by atoms with Crippen LogP contribution in [0.4, 0.5) is 5.95 Å². The van der Waals surface area contributed by atoms with Crippen molar-refractivity contribution >= 4 is 35.0 Å².